The molecule has 0 aliphatic carbocycles. The Morgan fingerprint density at radius 1 is 1.42 bits per heavy atom. The van der Waals surface area contributed by atoms with Gasteiger partial charge in [-0.2, -0.15) is 0 Å². The molecule has 1 rings (SSSR count). The summed E-state index contributed by atoms with van der Waals surface area (Å²) in [5, 5.41) is 3.17. The number of nitrogens with one attached hydrogen (secondary N) is 1. The Morgan fingerprint density at radius 2 is 2.21 bits per heavy atom. The number of carbonyl (C=O) groups is 1. The second kappa shape index (κ2) is 8.32. The van der Waals surface area contributed by atoms with Gasteiger partial charge in [-0.05, 0) is 31.5 Å². The molecular formula is C15H21NO3. The van der Waals surface area contributed by atoms with Crippen molar-refractivity contribution in [2.75, 3.05) is 26.8 Å². The molecule has 0 aliphatic heterocycles. The molecule has 0 heterocycles. The SMILES string of the molecule is COC(=O)/C(C)=C/CNCCOc1cccc(C)c1. The number of methoxy groups -OCH3 is 1. The smallest absolute Gasteiger partial charge is 0.333 e. The first kappa shape index (κ1) is 15.2. The maximum absolute atomic E-state index is 11.1. The first-order chi connectivity index (χ1) is 9.13. The van der Waals surface area contributed by atoms with Gasteiger partial charge in [0.2, 0.25) is 0 Å². The summed E-state index contributed by atoms with van der Waals surface area (Å²) in [6, 6.07) is 7.95. The van der Waals surface area contributed by atoms with Crippen LogP contribution in [-0.4, -0.2) is 32.8 Å². The summed E-state index contributed by atoms with van der Waals surface area (Å²) in [6.45, 7) is 5.70. The van der Waals surface area contributed by atoms with Crippen LogP contribution >= 0.6 is 0 Å². The largest absolute Gasteiger partial charge is 0.492 e. The number of ether oxygens (including phenoxy) is 2. The predicted octanol–water partition coefficient (Wildman–Crippen LogP) is 2.08. The minimum Gasteiger partial charge on any atom is -0.492 e. The molecule has 104 valence electrons. The van der Waals surface area contributed by atoms with Crippen LogP contribution in [0.25, 0.3) is 0 Å². The van der Waals surface area contributed by atoms with Gasteiger partial charge in [0.05, 0.1) is 7.11 Å². The molecule has 0 radical (unpaired) electrons. The lowest BCUT2D eigenvalue weighted by Gasteiger charge is -2.07. The third-order valence-corrected chi connectivity index (χ3v) is 2.60. The van der Waals surface area contributed by atoms with E-state index in [-0.39, 0.29) is 5.97 Å². The molecule has 4 heteroatoms. The van der Waals surface area contributed by atoms with Gasteiger partial charge in [0.25, 0.3) is 0 Å². The minimum atomic E-state index is -0.294. The fourth-order valence-electron chi connectivity index (χ4n) is 1.52. The number of hydrogen-bond acceptors (Lipinski definition) is 4. The topological polar surface area (TPSA) is 47.6 Å². The standard InChI is InChI=1S/C15H21NO3/c1-12-5-4-6-14(11-12)19-10-9-16-8-7-13(2)15(17)18-3/h4-7,11,16H,8-10H2,1-3H3/b13-7+. The van der Waals surface area contributed by atoms with Crippen LogP contribution in [0.3, 0.4) is 0 Å². The highest BCUT2D eigenvalue weighted by Gasteiger charge is 2.00. The molecule has 0 unspecified atom stereocenters. The van der Waals surface area contributed by atoms with Gasteiger partial charge >= 0.3 is 5.97 Å². The first-order valence-electron chi connectivity index (χ1n) is 6.28. The quantitative estimate of drug-likeness (QED) is 0.465. The lowest BCUT2D eigenvalue weighted by Crippen LogP contribution is -2.21. The number of benzene rings is 1. The third-order valence-electron chi connectivity index (χ3n) is 2.60. The van der Waals surface area contributed by atoms with E-state index >= 15 is 0 Å². The molecule has 0 amide bonds. The Bertz CT molecular complexity index is 441. The lowest BCUT2D eigenvalue weighted by molar-refractivity contribution is -0.136. The lowest BCUT2D eigenvalue weighted by atomic mass is 10.2. The summed E-state index contributed by atoms with van der Waals surface area (Å²) < 4.78 is 10.2. The molecule has 1 aromatic rings. The van der Waals surface area contributed by atoms with Gasteiger partial charge in [-0.3, -0.25) is 0 Å². The van der Waals surface area contributed by atoms with E-state index < -0.39 is 0 Å². The molecule has 0 aliphatic rings. The Kier molecular flexibility index (Phi) is 6.68. The first-order valence-corrected chi connectivity index (χ1v) is 6.28. The fourth-order valence-corrected chi connectivity index (χ4v) is 1.52. The summed E-state index contributed by atoms with van der Waals surface area (Å²) in [5.41, 5.74) is 1.79. The molecule has 0 aromatic heterocycles. The van der Waals surface area contributed by atoms with Gasteiger partial charge < -0.3 is 14.8 Å². The van der Waals surface area contributed by atoms with Crippen LogP contribution in [0.15, 0.2) is 35.9 Å². The van der Waals surface area contributed by atoms with Crippen molar-refractivity contribution in [3.05, 3.63) is 41.5 Å². The van der Waals surface area contributed by atoms with Crippen molar-refractivity contribution in [1.29, 1.82) is 0 Å². The average Bonchev–Trinajstić information content (AvgIpc) is 2.41. The Morgan fingerprint density at radius 3 is 2.89 bits per heavy atom. The van der Waals surface area contributed by atoms with E-state index in [9.17, 15) is 4.79 Å². The van der Waals surface area contributed by atoms with E-state index in [2.05, 4.69) is 10.1 Å². The van der Waals surface area contributed by atoms with Gasteiger partial charge in [-0.15, -0.1) is 0 Å². The van der Waals surface area contributed by atoms with Crippen LogP contribution in [0.5, 0.6) is 5.75 Å². The Labute approximate surface area is 114 Å². The van der Waals surface area contributed by atoms with Crippen molar-refractivity contribution in [2.24, 2.45) is 0 Å². The normalized spacial score (nSPS) is 11.2. The van der Waals surface area contributed by atoms with E-state index in [1.807, 2.05) is 31.2 Å². The van der Waals surface area contributed by atoms with E-state index in [4.69, 9.17) is 4.74 Å². The van der Waals surface area contributed by atoms with E-state index in [1.54, 1.807) is 13.0 Å². The fraction of sp³-hybridized carbons (Fsp3) is 0.400. The zero-order chi connectivity index (χ0) is 14.1. The third kappa shape index (κ3) is 6.06. The summed E-state index contributed by atoms with van der Waals surface area (Å²) in [5.74, 6) is 0.584. The summed E-state index contributed by atoms with van der Waals surface area (Å²) in [4.78, 5) is 11.1. The van der Waals surface area contributed by atoms with Gasteiger partial charge in [-0.25, -0.2) is 4.79 Å². The molecule has 0 saturated heterocycles. The molecule has 4 nitrogen and oxygen atoms in total. The highest BCUT2D eigenvalue weighted by molar-refractivity contribution is 5.87. The number of aryl methyl sites for hydroxylation is 1. The van der Waals surface area contributed by atoms with E-state index in [1.165, 1.54) is 12.7 Å². The van der Waals surface area contributed by atoms with Gasteiger partial charge in [0.15, 0.2) is 0 Å². The second-order valence-electron chi connectivity index (χ2n) is 4.25. The number of carbonyl (C=O) groups excluding carboxylic acids is 1. The van der Waals surface area contributed by atoms with E-state index in [0.717, 1.165) is 12.3 Å². The van der Waals surface area contributed by atoms with Gasteiger partial charge in [0.1, 0.15) is 12.4 Å². The summed E-state index contributed by atoms with van der Waals surface area (Å²) in [6.07, 6.45) is 1.80. The van der Waals surface area contributed by atoms with Crippen LogP contribution in [0.1, 0.15) is 12.5 Å². The highest BCUT2D eigenvalue weighted by atomic mass is 16.5. The van der Waals surface area contributed by atoms with Crippen molar-refractivity contribution in [2.45, 2.75) is 13.8 Å². The van der Waals surface area contributed by atoms with Crippen molar-refractivity contribution in [1.82, 2.24) is 5.32 Å². The molecule has 19 heavy (non-hydrogen) atoms. The molecule has 0 bridgehead atoms. The van der Waals surface area contributed by atoms with Gasteiger partial charge in [-0.1, -0.05) is 18.2 Å². The van der Waals surface area contributed by atoms with E-state index in [0.29, 0.717) is 18.7 Å². The molecule has 1 N–H and O–H groups in total. The molecule has 0 fully saturated rings. The van der Waals surface area contributed by atoms with Crippen molar-refractivity contribution in [3.8, 4) is 5.75 Å². The van der Waals surface area contributed by atoms with Gasteiger partial charge in [0, 0.05) is 18.7 Å². The molecule has 0 spiro atoms. The number of rotatable bonds is 7. The minimum absolute atomic E-state index is 0.294. The number of hydrogen-bond donors (Lipinski definition) is 1. The van der Waals surface area contributed by atoms with Crippen LogP contribution in [-0.2, 0) is 9.53 Å². The molecule has 1 aromatic carbocycles. The molecular weight excluding hydrogens is 242 g/mol. The zero-order valence-electron chi connectivity index (χ0n) is 11.7. The van der Waals surface area contributed by atoms with Crippen molar-refractivity contribution >= 4 is 5.97 Å². The summed E-state index contributed by atoms with van der Waals surface area (Å²) in [7, 11) is 1.38. The maximum Gasteiger partial charge on any atom is 0.333 e. The van der Waals surface area contributed by atoms with Crippen LogP contribution < -0.4 is 10.1 Å². The maximum atomic E-state index is 11.1. The summed E-state index contributed by atoms with van der Waals surface area (Å²) >= 11 is 0. The number of esters is 1. The predicted molar refractivity (Wildman–Crippen MR) is 75.3 cm³/mol. The van der Waals surface area contributed by atoms with Crippen LogP contribution in [0, 0.1) is 6.92 Å². The molecule has 0 atom stereocenters. The average molecular weight is 263 g/mol. The van der Waals surface area contributed by atoms with Crippen molar-refractivity contribution < 1.29 is 14.3 Å². The van der Waals surface area contributed by atoms with Crippen LogP contribution in [0.2, 0.25) is 0 Å². The monoisotopic (exact) mass is 263 g/mol. The highest BCUT2D eigenvalue weighted by Crippen LogP contribution is 2.11. The van der Waals surface area contributed by atoms with Crippen LogP contribution in [0.4, 0.5) is 0 Å². The Balaban J connectivity index is 2.17. The zero-order valence-corrected chi connectivity index (χ0v) is 11.7. The second-order valence-corrected chi connectivity index (χ2v) is 4.25. The van der Waals surface area contributed by atoms with Crippen molar-refractivity contribution in [3.63, 3.8) is 0 Å². The Hall–Kier alpha value is -1.81. The molecule has 0 saturated carbocycles.